The van der Waals surface area contributed by atoms with Gasteiger partial charge in [0.25, 0.3) is 0 Å². The fraction of sp³-hybridized carbons (Fsp3) is 0.333. The third kappa shape index (κ3) is 1.88. The molecule has 2 aliphatic heterocycles. The topological polar surface area (TPSA) is 26.8 Å². The summed E-state index contributed by atoms with van der Waals surface area (Å²) in [5.74, 6) is 0. The number of rotatable bonds is 1. The van der Waals surface area contributed by atoms with E-state index in [0.717, 1.165) is 25.1 Å². The fourth-order valence-corrected chi connectivity index (χ4v) is 2.75. The maximum atomic E-state index is 12.3. The Balaban J connectivity index is 1.89. The summed E-state index contributed by atoms with van der Waals surface area (Å²) in [4.78, 5) is 14.8. The number of hydrogen-bond acceptors (Lipinski definition) is 3. The Kier molecular flexibility index (Phi) is 2.97. The van der Waals surface area contributed by atoms with Crippen LogP contribution in [0.1, 0.15) is 12.8 Å². The van der Waals surface area contributed by atoms with Crippen LogP contribution in [-0.4, -0.2) is 34.3 Å². The molecule has 2 amide bonds. The van der Waals surface area contributed by atoms with Gasteiger partial charge in [-0.2, -0.15) is 5.01 Å². The molecule has 0 unspecified atom stereocenters. The fourth-order valence-electron chi connectivity index (χ4n) is 2.29. The first-order valence-electron chi connectivity index (χ1n) is 5.82. The van der Waals surface area contributed by atoms with Crippen LogP contribution in [-0.2, 0) is 0 Å². The number of fused-ring (bicyclic) bond motifs is 1. The molecule has 0 N–H and O–H groups in total. The van der Waals surface area contributed by atoms with Crippen molar-refractivity contribution in [2.45, 2.75) is 12.8 Å². The van der Waals surface area contributed by atoms with Gasteiger partial charge in [-0.15, -0.1) is 0 Å². The lowest BCUT2D eigenvalue weighted by Crippen LogP contribution is -2.46. The number of thiocarbonyl (C=S) groups is 1. The zero-order valence-corrected chi connectivity index (χ0v) is 11.2. The third-order valence-corrected chi connectivity index (χ3v) is 3.81. The lowest BCUT2D eigenvalue weighted by atomic mass is 10.2. The van der Waals surface area contributed by atoms with Crippen LogP contribution in [0.2, 0.25) is 5.02 Å². The van der Waals surface area contributed by atoms with Crippen LogP contribution in [0.5, 0.6) is 0 Å². The second-order valence-electron chi connectivity index (χ2n) is 4.37. The molecule has 0 spiro atoms. The van der Waals surface area contributed by atoms with Crippen molar-refractivity contribution in [2.24, 2.45) is 0 Å². The van der Waals surface area contributed by atoms with Crippen molar-refractivity contribution < 1.29 is 4.79 Å². The van der Waals surface area contributed by atoms with Gasteiger partial charge < -0.3 is 0 Å². The van der Waals surface area contributed by atoms with Gasteiger partial charge in [-0.05, 0) is 30.7 Å². The van der Waals surface area contributed by atoms with E-state index in [4.69, 9.17) is 23.8 Å². The first-order chi connectivity index (χ1) is 8.66. The number of urea groups is 1. The molecule has 18 heavy (non-hydrogen) atoms. The molecule has 0 atom stereocenters. The summed E-state index contributed by atoms with van der Waals surface area (Å²) in [6, 6.07) is 7.21. The van der Waals surface area contributed by atoms with Crippen LogP contribution in [0.25, 0.3) is 0 Å². The number of carbonyl (C=O) groups excluding carboxylic acids is 1. The van der Waals surface area contributed by atoms with Gasteiger partial charge in [0.15, 0.2) is 0 Å². The molecule has 6 heteroatoms. The number of anilines is 1. The highest BCUT2D eigenvalue weighted by atomic mass is 35.5. The maximum Gasteiger partial charge on any atom is 0.345 e. The van der Waals surface area contributed by atoms with Crippen LogP contribution >= 0.6 is 23.8 Å². The van der Waals surface area contributed by atoms with E-state index in [9.17, 15) is 4.79 Å². The Morgan fingerprint density at radius 3 is 2.61 bits per heavy atom. The highest BCUT2D eigenvalue weighted by molar-refractivity contribution is 7.80. The molecule has 0 bridgehead atoms. The van der Waals surface area contributed by atoms with Gasteiger partial charge >= 0.3 is 6.03 Å². The normalized spacial score (nSPS) is 20.5. The molecule has 2 aliphatic rings. The summed E-state index contributed by atoms with van der Waals surface area (Å²) in [5.41, 5.74) is 0.849. The second-order valence-corrected chi connectivity index (χ2v) is 5.28. The Morgan fingerprint density at radius 2 is 1.94 bits per heavy atom. The maximum absolute atomic E-state index is 12.3. The first-order valence-corrected chi connectivity index (χ1v) is 6.60. The molecule has 0 saturated carbocycles. The minimum atomic E-state index is -0.0676. The lowest BCUT2D eigenvalue weighted by molar-refractivity contribution is 0.105. The largest absolute Gasteiger partial charge is 0.345 e. The van der Waals surface area contributed by atoms with E-state index in [1.54, 1.807) is 22.0 Å². The van der Waals surface area contributed by atoms with Gasteiger partial charge in [-0.1, -0.05) is 23.8 Å². The summed E-state index contributed by atoms with van der Waals surface area (Å²) in [6.07, 6.45) is 1.82. The number of amides is 2. The first kappa shape index (κ1) is 11.9. The standard InChI is InChI=1S/C12H12ClN3OS/c13-9-3-5-10(6-4-9)15-8-14-7-1-2-11(18)16(14)12(15)17/h3-6H,1-2,7-8H2. The highest BCUT2D eigenvalue weighted by Gasteiger charge is 2.40. The summed E-state index contributed by atoms with van der Waals surface area (Å²) in [5, 5.41) is 4.27. The van der Waals surface area contributed by atoms with Crippen molar-refractivity contribution in [2.75, 3.05) is 18.1 Å². The number of hydrogen-bond donors (Lipinski definition) is 0. The minimum Gasteiger partial charge on any atom is -0.278 e. The molecule has 4 nitrogen and oxygen atoms in total. The Hall–Kier alpha value is -1.17. The van der Waals surface area contributed by atoms with Gasteiger partial charge in [0.05, 0.1) is 6.67 Å². The van der Waals surface area contributed by atoms with E-state index in [1.807, 2.05) is 17.1 Å². The van der Waals surface area contributed by atoms with Crippen molar-refractivity contribution >= 4 is 40.5 Å². The predicted octanol–water partition coefficient (Wildman–Crippen LogP) is 2.88. The third-order valence-electron chi connectivity index (χ3n) is 3.18. The van der Waals surface area contributed by atoms with Gasteiger partial charge in [-0.3, -0.25) is 4.90 Å². The summed E-state index contributed by atoms with van der Waals surface area (Å²) >= 11 is 11.1. The number of nitrogens with zero attached hydrogens (tertiary/aromatic N) is 3. The van der Waals surface area contributed by atoms with Crippen LogP contribution in [0, 0.1) is 0 Å². The smallest absolute Gasteiger partial charge is 0.278 e. The van der Waals surface area contributed by atoms with Crippen molar-refractivity contribution in [3.8, 4) is 0 Å². The Bertz CT molecular complexity index is 505. The zero-order chi connectivity index (χ0) is 12.7. The van der Waals surface area contributed by atoms with E-state index in [0.29, 0.717) is 16.7 Å². The van der Waals surface area contributed by atoms with Gasteiger partial charge in [0.1, 0.15) is 4.99 Å². The average Bonchev–Trinajstić information content (AvgIpc) is 2.69. The van der Waals surface area contributed by atoms with Crippen LogP contribution in [0.4, 0.5) is 10.5 Å². The van der Waals surface area contributed by atoms with Crippen LogP contribution < -0.4 is 4.90 Å². The predicted molar refractivity (Wildman–Crippen MR) is 74.6 cm³/mol. The molecule has 0 aromatic heterocycles. The summed E-state index contributed by atoms with van der Waals surface area (Å²) in [7, 11) is 0. The molecular formula is C12H12ClN3OS. The molecular weight excluding hydrogens is 270 g/mol. The van der Waals surface area contributed by atoms with Crippen LogP contribution in [0.3, 0.4) is 0 Å². The average molecular weight is 282 g/mol. The molecule has 2 heterocycles. The SMILES string of the molecule is O=C1N(c2ccc(Cl)cc2)CN2CCCC(=S)N12. The highest BCUT2D eigenvalue weighted by Crippen LogP contribution is 2.27. The van der Waals surface area contributed by atoms with Gasteiger partial charge in [0.2, 0.25) is 0 Å². The Labute approximate surface area is 116 Å². The molecule has 1 aromatic carbocycles. The summed E-state index contributed by atoms with van der Waals surface area (Å²) in [6.45, 7) is 1.43. The Morgan fingerprint density at radius 1 is 1.22 bits per heavy atom. The number of halogens is 1. The zero-order valence-electron chi connectivity index (χ0n) is 9.67. The number of carbonyl (C=O) groups is 1. The molecule has 1 aromatic rings. The number of hydrazine groups is 1. The molecule has 2 fully saturated rings. The van der Waals surface area contributed by atoms with E-state index < -0.39 is 0 Å². The molecule has 94 valence electrons. The van der Waals surface area contributed by atoms with Crippen molar-refractivity contribution in [1.82, 2.24) is 10.0 Å². The van der Waals surface area contributed by atoms with Crippen molar-refractivity contribution in [3.05, 3.63) is 29.3 Å². The van der Waals surface area contributed by atoms with Crippen molar-refractivity contribution in [3.63, 3.8) is 0 Å². The minimum absolute atomic E-state index is 0.0676. The van der Waals surface area contributed by atoms with E-state index in [2.05, 4.69) is 0 Å². The van der Waals surface area contributed by atoms with E-state index in [-0.39, 0.29) is 6.03 Å². The monoisotopic (exact) mass is 281 g/mol. The number of benzene rings is 1. The molecule has 2 saturated heterocycles. The lowest BCUT2D eigenvalue weighted by Gasteiger charge is -2.30. The van der Waals surface area contributed by atoms with Gasteiger partial charge in [-0.25, -0.2) is 9.80 Å². The second kappa shape index (κ2) is 4.50. The van der Waals surface area contributed by atoms with Gasteiger partial charge in [0, 0.05) is 23.7 Å². The summed E-state index contributed by atoms with van der Waals surface area (Å²) < 4.78 is 0. The van der Waals surface area contributed by atoms with Crippen molar-refractivity contribution in [1.29, 1.82) is 0 Å². The molecule has 3 rings (SSSR count). The van der Waals surface area contributed by atoms with E-state index >= 15 is 0 Å². The molecule has 0 radical (unpaired) electrons. The quantitative estimate of drug-likeness (QED) is 0.741. The van der Waals surface area contributed by atoms with Crippen LogP contribution in [0.15, 0.2) is 24.3 Å². The molecule has 0 aliphatic carbocycles. The van der Waals surface area contributed by atoms with E-state index in [1.165, 1.54) is 0 Å².